The molecule has 60 heavy (non-hydrogen) atoms. The summed E-state index contributed by atoms with van der Waals surface area (Å²) in [6, 6.07) is 91.5. The molecule has 0 N–H and O–H groups in total. The lowest BCUT2D eigenvalue weighted by Crippen LogP contribution is -2.10. The second-order valence-corrected chi connectivity index (χ2v) is 15.0. The van der Waals surface area contributed by atoms with Crippen molar-refractivity contribution < 1.29 is 0 Å². The van der Waals surface area contributed by atoms with E-state index in [0.29, 0.717) is 0 Å². The third kappa shape index (κ3) is 7.58. The van der Waals surface area contributed by atoms with Crippen LogP contribution in [-0.4, -0.2) is 0 Å². The van der Waals surface area contributed by atoms with Gasteiger partial charge in [0, 0.05) is 34.1 Å². The maximum Gasteiger partial charge on any atom is 0.0467 e. The lowest BCUT2D eigenvalue weighted by Gasteiger charge is -2.27. The normalized spacial score (nSPS) is 11.0. The van der Waals surface area contributed by atoms with Crippen molar-refractivity contribution >= 4 is 44.9 Å². The van der Waals surface area contributed by atoms with Gasteiger partial charge in [0.05, 0.1) is 0 Å². The van der Waals surface area contributed by atoms with Gasteiger partial charge in [-0.05, 0) is 140 Å². The van der Waals surface area contributed by atoms with Crippen molar-refractivity contribution in [3.05, 3.63) is 255 Å². The summed E-state index contributed by atoms with van der Waals surface area (Å²) in [5, 5.41) is 2.49. The third-order valence-corrected chi connectivity index (χ3v) is 11.2. The Kier molecular flexibility index (Phi) is 10.0. The Morgan fingerprint density at radius 2 is 0.483 bits per heavy atom. The fourth-order valence-corrected chi connectivity index (χ4v) is 8.20. The number of para-hydroxylation sites is 2. The molecule has 0 heterocycles. The molecule has 10 aromatic rings. The van der Waals surface area contributed by atoms with Crippen LogP contribution >= 0.6 is 0 Å². The number of hydrogen-bond acceptors (Lipinski definition) is 2. The van der Waals surface area contributed by atoms with Gasteiger partial charge in [-0.15, -0.1) is 0 Å². The molecule has 0 spiro atoms. The number of fused-ring (bicyclic) bond motifs is 1. The van der Waals surface area contributed by atoms with E-state index in [-0.39, 0.29) is 0 Å². The molecule has 2 heteroatoms. The van der Waals surface area contributed by atoms with Crippen LogP contribution in [0.25, 0.3) is 55.3 Å². The molecule has 0 radical (unpaired) electrons. The zero-order valence-corrected chi connectivity index (χ0v) is 33.1. The molecule has 0 saturated heterocycles. The average molecular weight is 767 g/mol. The van der Waals surface area contributed by atoms with E-state index < -0.39 is 0 Å². The van der Waals surface area contributed by atoms with E-state index >= 15 is 0 Å². The molecule has 0 fully saturated rings. The lowest BCUT2D eigenvalue weighted by atomic mass is 9.98. The van der Waals surface area contributed by atoms with Gasteiger partial charge in [-0.3, -0.25) is 0 Å². The number of nitrogens with zero attached hydrogens (tertiary/aromatic N) is 2. The van der Waals surface area contributed by atoms with E-state index in [0.717, 1.165) is 50.8 Å². The first-order chi connectivity index (χ1) is 29.7. The molecule has 0 bridgehead atoms. The maximum atomic E-state index is 2.38. The summed E-state index contributed by atoms with van der Waals surface area (Å²) in [6.07, 6.45) is 0. The predicted molar refractivity (Wildman–Crippen MR) is 255 cm³/mol. The zero-order chi connectivity index (χ0) is 40.1. The summed E-state index contributed by atoms with van der Waals surface area (Å²) in [5.41, 5.74) is 16.0. The highest BCUT2D eigenvalue weighted by Crippen LogP contribution is 2.41. The third-order valence-electron chi connectivity index (χ3n) is 11.2. The van der Waals surface area contributed by atoms with Crippen LogP contribution in [0.3, 0.4) is 0 Å². The van der Waals surface area contributed by atoms with E-state index in [1.165, 1.54) is 38.6 Å². The Morgan fingerprint density at radius 3 is 1.02 bits per heavy atom. The predicted octanol–water partition coefficient (Wildman–Crippen LogP) is 16.4. The number of anilines is 6. The van der Waals surface area contributed by atoms with Crippen molar-refractivity contribution in [2.24, 2.45) is 0 Å². The summed E-state index contributed by atoms with van der Waals surface area (Å²) < 4.78 is 0. The average Bonchev–Trinajstić information content (AvgIpc) is 3.33. The molecule has 0 amide bonds. The highest BCUT2D eigenvalue weighted by Gasteiger charge is 2.17. The number of benzene rings is 10. The molecular weight excluding hydrogens is 725 g/mol. The van der Waals surface area contributed by atoms with Crippen molar-refractivity contribution in [1.29, 1.82) is 0 Å². The van der Waals surface area contributed by atoms with E-state index in [1.54, 1.807) is 0 Å². The first-order valence-electron chi connectivity index (χ1n) is 20.5. The molecule has 10 aromatic carbocycles. The van der Waals surface area contributed by atoms with Crippen LogP contribution in [0.15, 0.2) is 255 Å². The molecule has 0 unspecified atom stereocenters. The maximum absolute atomic E-state index is 2.38. The molecule has 284 valence electrons. The van der Waals surface area contributed by atoms with Gasteiger partial charge in [-0.25, -0.2) is 0 Å². The van der Waals surface area contributed by atoms with Crippen molar-refractivity contribution in [2.45, 2.75) is 0 Å². The minimum Gasteiger partial charge on any atom is -0.310 e. The van der Waals surface area contributed by atoms with Gasteiger partial charge in [-0.2, -0.15) is 0 Å². The first-order valence-corrected chi connectivity index (χ1v) is 20.5. The minimum absolute atomic E-state index is 1.08. The Hall–Kier alpha value is -7.94. The Bertz CT molecular complexity index is 2990. The summed E-state index contributed by atoms with van der Waals surface area (Å²) in [7, 11) is 0. The van der Waals surface area contributed by atoms with Crippen LogP contribution in [0.5, 0.6) is 0 Å². The van der Waals surface area contributed by atoms with E-state index in [1.807, 2.05) is 0 Å². The fraction of sp³-hybridized carbons (Fsp3) is 0. The van der Waals surface area contributed by atoms with Crippen LogP contribution in [0.1, 0.15) is 0 Å². The molecular formula is C58H42N2. The minimum atomic E-state index is 1.08. The van der Waals surface area contributed by atoms with Gasteiger partial charge >= 0.3 is 0 Å². The fourth-order valence-electron chi connectivity index (χ4n) is 8.20. The Morgan fingerprint density at radius 1 is 0.167 bits per heavy atom. The first kappa shape index (κ1) is 36.4. The SMILES string of the molecule is c1ccc(-c2cccc(-c3cccc(N(c4ccc(-c5ccc6ccccc6c5)cc4)c4cccc(-c5cccc(N(c6ccccc6)c6ccccc6)c5)c4)c3)c2)cc1. The van der Waals surface area contributed by atoms with Crippen molar-refractivity contribution in [2.75, 3.05) is 9.80 Å². The van der Waals surface area contributed by atoms with Gasteiger partial charge in [0.25, 0.3) is 0 Å². The number of hydrogen-bond donors (Lipinski definition) is 0. The monoisotopic (exact) mass is 766 g/mol. The van der Waals surface area contributed by atoms with Crippen LogP contribution < -0.4 is 9.80 Å². The van der Waals surface area contributed by atoms with E-state index in [9.17, 15) is 0 Å². The molecule has 0 atom stereocenters. The van der Waals surface area contributed by atoms with Crippen LogP contribution in [-0.2, 0) is 0 Å². The standard InChI is InChI=1S/C58H42N2/c1-4-16-43(17-5-1)47-20-12-21-48(38-47)49-22-13-30-57(40-49)60(55-36-34-45(35-37-55)52-33-32-44-18-10-11-19-46(44)39-52)58-31-15-24-51(42-58)50-23-14-29-56(41-50)59(53-25-6-2-7-26-53)54-27-8-3-9-28-54/h1-42H. The van der Waals surface area contributed by atoms with Gasteiger partial charge in [0.2, 0.25) is 0 Å². The highest BCUT2D eigenvalue weighted by molar-refractivity contribution is 5.89. The summed E-state index contributed by atoms with van der Waals surface area (Å²) >= 11 is 0. The van der Waals surface area contributed by atoms with E-state index in [4.69, 9.17) is 0 Å². The quantitative estimate of drug-likeness (QED) is 0.137. The topological polar surface area (TPSA) is 6.48 Å². The number of rotatable bonds is 10. The van der Waals surface area contributed by atoms with Gasteiger partial charge in [0.1, 0.15) is 0 Å². The van der Waals surface area contributed by atoms with Crippen molar-refractivity contribution in [3.63, 3.8) is 0 Å². The lowest BCUT2D eigenvalue weighted by molar-refractivity contribution is 1.28. The molecule has 10 rings (SSSR count). The summed E-state index contributed by atoms with van der Waals surface area (Å²) in [6.45, 7) is 0. The highest BCUT2D eigenvalue weighted by atomic mass is 15.1. The van der Waals surface area contributed by atoms with E-state index in [2.05, 4.69) is 265 Å². The Balaban J connectivity index is 1.06. The molecule has 0 aliphatic heterocycles. The van der Waals surface area contributed by atoms with Crippen LogP contribution in [0.4, 0.5) is 34.1 Å². The molecule has 0 aliphatic rings. The summed E-state index contributed by atoms with van der Waals surface area (Å²) in [4.78, 5) is 4.69. The molecule has 0 aromatic heterocycles. The smallest absolute Gasteiger partial charge is 0.0467 e. The van der Waals surface area contributed by atoms with Gasteiger partial charge < -0.3 is 9.80 Å². The molecule has 0 aliphatic carbocycles. The van der Waals surface area contributed by atoms with Crippen molar-refractivity contribution in [3.8, 4) is 44.5 Å². The van der Waals surface area contributed by atoms with Crippen LogP contribution in [0.2, 0.25) is 0 Å². The molecule has 2 nitrogen and oxygen atoms in total. The molecule has 0 saturated carbocycles. The van der Waals surface area contributed by atoms with Gasteiger partial charge in [-0.1, -0.05) is 170 Å². The van der Waals surface area contributed by atoms with Crippen molar-refractivity contribution in [1.82, 2.24) is 0 Å². The van der Waals surface area contributed by atoms with Crippen LogP contribution in [0, 0.1) is 0 Å². The second kappa shape index (κ2) is 16.5. The van der Waals surface area contributed by atoms with Gasteiger partial charge in [0.15, 0.2) is 0 Å². The Labute approximate surface area is 352 Å². The zero-order valence-electron chi connectivity index (χ0n) is 33.1. The summed E-state index contributed by atoms with van der Waals surface area (Å²) in [5.74, 6) is 0. The second-order valence-electron chi connectivity index (χ2n) is 15.0. The largest absolute Gasteiger partial charge is 0.310 e.